The summed E-state index contributed by atoms with van der Waals surface area (Å²) in [6.07, 6.45) is 3.80. The van der Waals surface area contributed by atoms with E-state index < -0.39 is 0 Å². The SMILES string of the molecule is [C-]#[N+]/C(=C\c1ccc(/C=C(\C#N)c2ccc(N(c3ccccc3)c3ccccc3)cc2)cc1)c1ccc(N(c2ccccc2)c2ccccc2)cc1. The van der Waals surface area contributed by atoms with Crippen LogP contribution < -0.4 is 9.80 Å². The molecule has 4 heteroatoms. The Morgan fingerprint density at radius 1 is 0.423 bits per heavy atom. The fourth-order valence-corrected chi connectivity index (χ4v) is 6.15. The first-order valence-electron chi connectivity index (χ1n) is 17.0. The molecular formula is C48H34N4. The maximum absolute atomic E-state index is 10.1. The Hall–Kier alpha value is -7.40. The van der Waals surface area contributed by atoms with Crippen LogP contribution in [0, 0.1) is 17.9 Å². The Morgan fingerprint density at radius 2 is 0.750 bits per heavy atom. The summed E-state index contributed by atoms with van der Waals surface area (Å²) in [6, 6.07) is 67.5. The molecule has 7 rings (SSSR count). The van der Waals surface area contributed by atoms with E-state index in [1.54, 1.807) is 0 Å². The standard InChI is InChI=1S/C48H34N4/c1-50-48(40-28-32-47(33-29-40)52(44-18-10-4-11-19-44)45-20-12-5-13-21-45)35-38-24-22-37(23-25-38)34-41(36-49)39-26-30-46(31-27-39)51(42-14-6-2-7-15-42)43-16-8-3-9-17-43/h2-35H/b41-34+,48-35-. The normalized spacial score (nSPS) is 11.3. The predicted molar refractivity (Wildman–Crippen MR) is 217 cm³/mol. The van der Waals surface area contributed by atoms with Gasteiger partial charge in [0.1, 0.15) is 0 Å². The summed E-state index contributed by atoms with van der Waals surface area (Å²) in [5.41, 5.74) is 10.9. The number of hydrogen-bond donors (Lipinski definition) is 0. The molecule has 246 valence electrons. The van der Waals surface area contributed by atoms with Crippen molar-refractivity contribution in [1.82, 2.24) is 0 Å². The molecule has 0 heterocycles. The van der Waals surface area contributed by atoms with Crippen LogP contribution in [0.15, 0.2) is 194 Å². The summed E-state index contributed by atoms with van der Waals surface area (Å²) >= 11 is 0. The van der Waals surface area contributed by atoms with Gasteiger partial charge in [-0.15, -0.1) is 0 Å². The Balaban J connectivity index is 1.10. The molecule has 0 bridgehead atoms. The largest absolute Gasteiger partial charge is 0.311 e. The molecule has 0 N–H and O–H groups in total. The quantitative estimate of drug-likeness (QED) is 0.0828. The molecule has 0 aliphatic carbocycles. The van der Waals surface area contributed by atoms with E-state index in [1.165, 1.54) is 0 Å². The average molecular weight is 667 g/mol. The summed E-state index contributed by atoms with van der Waals surface area (Å²) in [7, 11) is 0. The van der Waals surface area contributed by atoms with Crippen molar-refractivity contribution >= 4 is 57.5 Å². The van der Waals surface area contributed by atoms with Crippen molar-refractivity contribution in [3.8, 4) is 6.07 Å². The number of rotatable bonds is 10. The lowest BCUT2D eigenvalue weighted by atomic mass is 10.0. The van der Waals surface area contributed by atoms with Gasteiger partial charge in [0, 0.05) is 34.1 Å². The molecule has 0 atom stereocenters. The molecule has 0 saturated heterocycles. The van der Waals surface area contributed by atoms with Crippen LogP contribution in [-0.4, -0.2) is 0 Å². The van der Waals surface area contributed by atoms with E-state index in [9.17, 15) is 5.26 Å². The van der Waals surface area contributed by atoms with Crippen molar-refractivity contribution in [2.45, 2.75) is 0 Å². The van der Waals surface area contributed by atoms with Crippen molar-refractivity contribution < 1.29 is 0 Å². The van der Waals surface area contributed by atoms with Crippen LogP contribution in [0.2, 0.25) is 0 Å². The Kier molecular flexibility index (Phi) is 10.1. The topological polar surface area (TPSA) is 34.6 Å². The van der Waals surface area contributed by atoms with Crippen molar-refractivity contribution in [3.63, 3.8) is 0 Å². The zero-order valence-corrected chi connectivity index (χ0v) is 28.4. The molecular weight excluding hydrogens is 633 g/mol. The van der Waals surface area contributed by atoms with Gasteiger partial charge >= 0.3 is 0 Å². The summed E-state index contributed by atoms with van der Waals surface area (Å²) in [5.74, 6) is 0. The van der Waals surface area contributed by atoms with Gasteiger partial charge in [0.15, 0.2) is 5.70 Å². The fraction of sp³-hybridized carbons (Fsp3) is 0. The molecule has 0 aromatic heterocycles. The zero-order valence-electron chi connectivity index (χ0n) is 28.4. The second kappa shape index (κ2) is 15.9. The molecule has 0 saturated carbocycles. The van der Waals surface area contributed by atoms with Gasteiger partial charge in [0.25, 0.3) is 0 Å². The first-order valence-corrected chi connectivity index (χ1v) is 17.0. The molecule has 7 aromatic carbocycles. The molecule has 0 fully saturated rings. The van der Waals surface area contributed by atoms with E-state index in [0.29, 0.717) is 11.3 Å². The van der Waals surface area contributed by atoms with Gasteiger partial charge in [-0.2, -0.15) is 5.26 Å². The Bertz CT molecular complexity index is 2120. The highest BCUT2D eigenvalue weighted by Crippen LogP contribution is 2.36. The Labute approximate surface area is 305 Å². The van der Waals surface area contributed by atoms with E-state index in [0.717, 1.165) is 56.4 Å². The first-order chi connectivity index (χ1) is 25.7. The molecule has 4 nitrogen and oxygen atoms in total. The number of para-hydroxylation sites is 4. The predicted octanol–water partition coefficient (Wildman–Crippen LogP) is 13.1. The van der Waals surface area contributed by atoms with Crippen LogP contribution >= 0.6 is 0 Å². The number of nitriles is 1. The van der Waals surface area contributed by atoms with Gasteiger partial charge in [-0.1, -0.05) is 121 Å². The molecule has 52 heavy (non-hydrogen) atoms. The van der Waals surface area contributed by atoms with Gasteiger partial charge in [-0.05, 0) is 107 Å². The third-order valence-corrected chi connectivity index (χ3v) is 8.71. The highest BCUT2D eigenvalue weighted by molar-refractivity contribution is 5.91. The second-order valence-corrected chi connectivity index (χ2v) is 12.1. The van der Waals surface area contributed by atoms with Gasteiger partial charge < -0.3 is 9.80 Å². The highest BCUT2D eigenvalue weighted by atomic mass is 15.1. The third-order valence-electron chi connectivity index (χ3n) is 8.71. The number of nitrogens with zero attached hydrogens (tertiary/aromatic N) is 4. The maximum Gasteiger partial charge on any atom is 0.194 e. The van der Waals surface area contributed by atoms with Crippen molar-refractivity contribution in [3.05, 3.63) is 228 Å². The molecule has 0 unspecified atom stereocenters. The van der Waals surface area contributed by atoms with Gasteiger partial charge in [-0.25, -0.2) is 4.85 Å². The van der Waals surface area contributed by atoms with Crippen LogP contribution in [0.25, 0.3) is 28.3 Å². The lowest BCUT2D eigenvalue weighted by Crippen LogP contribution is -2.09. The minimum Gasteiger partial charge on any atom is -0.311 e. The van der Waals surface area contributed by atoms with Gasteiger partial charge in [0.2, 0.25) is 0 Å². The summed E-state index contributed by atoms with van der Waals surface area (Å²) in [5, 5.41) is 10.1. The molecule has 0 spiro atoms. The fourth-order valence-electron chi connectivity index (χ4n) is 6.15. The van der Waals surface area contributed by atoms with E-state index in [-0.39, 0.29) is 0 Å². The van der Waals surface area contributed by atoms with Gasteiger partial charge in [0.05, 0.1) is 18.2 Å². The first kappa shape index (κ1) is 33.1. The smallest absolute Gasteiger partial charge is 0.194 e. The van der Waals surface area contributed by atoms with Gasteiger partial charge in [-0.3, -0.25) is 0 Å². The van der Waals surface area contributed by atoms with Crippen LogP contribution in [0.1, 0.15) is 22.3 Å². The van der Waals surface area contributed by atoms with E-state index in [1.807, 2.05) is 146 Å². The van der Waals surface area contributed by atoms with Crippen molar-refractivity contribution in [2.75, 3.05) is 9.80 Å². The number of hydrogen-bond acceptors (Lipinski definition) is 3. The summed E-state index contributed by atoms with van der Waals surface area (Å²) < 4.78 is 0. The van der Waals surface area contributed by atoms with Crippen LogP contribution in [0.5, 0.6) is 0 Å². The lowest BCUT2D eigenvalue weighted by Gasteiger charge is -2.25. The number of allylic oxidation sites excluding steroid dienone is 1. The van der Waals surface area contributed by atoms with E-state index in [4.69, 9.17) is 6.57 Å². The minimum atomic E-state index is 0.554. The molecule has 0 amide bonds. The molecule has 0 radical (unpaired) electrons. The third kappa shape index (κ3) is 7.58. The number of anilines is 6. The second-order valence-electron chi connectivity index (χ2n) is 12.1. The minimum absolute atomic E-state index is 0.554. The van der Waals surface area contributed by atoms with Crippen LogP contribution in [-0.2, 0) is 0 Å². The Morgan fingerprint density at radius 3 is 1.10 bits per heavy atom. The summed E-state index contributed by atoms with van der Waals surface area (Å²) in [6.45, 7) is 7.95. The van der Waals surface area contributed by atoms with Crippen LogP contribution in [0.3, 0.4) is 0 Å². The highest BCUT2D eigenvalue weighted by Gasteiger charge is 2.14. The van der Waals surface area contributed by atoms with E-state index in [2.05, 4.69) is 81.4 Å². The molecule has 0 aliphatic heterocycles. The molecule has 0 aliphatic rings. The van der Waals surface area contributed by atoms with E-state index >= 15 is 0 Å². The monoisotopic (exact) mass is 666 g/mol. The van der Waals surface area contributed by atoms with Crippen LogP contribution in [0.4, 0.5) is 34.1 Å². The number of benzene rings is 7. The van der Waals surface area contributed by atoms with Crippen molar-refractivity contribution in [2.24, 2.45) is 0 Å². The zero-order chi connectivity index (χ0) is 35.5. The average Bonchev–Trinajstić information content (AvgIpc) is 3.22. The lowest BCUT2D eigenvalue weighted by molar-refractivity contribution is 1.28. The van der Waals surface area contributed by atoms with Crippen molar-refractivity contribution in [1.29, 1.82) is 5.26 Å². The maximum atomic E-state index is 10.1. The molecule has 7 aromatic rings. The summed E-state index contributed by atoms with van der Waals surface area (Å²) in [4.78, 5) is 8.26.